The Hall–Kier alpha value is -2.75. The van der Waals surface area contributed by atoms with Gasteiger partial charge < -0.3 is 24.7 Å². The number of fused-ring (bicyclic) bond motifs is 1. The molecule has 1 aromatic carbocycles. The van der Waals surface area contributed by atoms with Crippen molar-refractivity contribution in [2.75, 3.05) is 31.7 Å². The SMILES string of the molecule is CCOC(=O)c1sc(N2C[C@@H]3[C@H](C2)[C@H]3NC(=O)c2[nH]c(C)c(Cl)c2Cl)nc1Cc1cccc(OC)c1. The van der Waals surface area contributed by atoms with Gasteiger partial charge in [0.1, 0.15) is 16.3 Å². The van der Waals surface area contributed by atoms with Crippen molar-refractivity contribution in [3.05, 3.63) is 61.8 Å². The number of esters is 1. The summed E-state index contributed by atoms with van der Waals surface area (Å²) in [5.41, 5.74) is 2.66. The third-order valence-electron chi connectivity index (χ3n) is 6.70. The van der Waals surface area contributed by atoms with Crippen LogP contribution in [0, 0.1) is 18.8 Å². The maximum absolute atomic E-state index is 12.7. The first kappa shape index (κ1) is 24.9. The molecule has 11 heteroatoms. The number of methoxy groups -OCH3 is 1. The number of carbonyl (C=O) groups excluding carboxylic acids is 2. The number of amides is 1. The lowest BCUT2D eigenvalue weighted by molar-refractivity contribution is 0.0530. The number of benzene rings is 1. The van der Waals surface area contributed by atoms with Gasteiger partial charge in [0, 0.05) is 43.1 Å². The first-order valence-corrected chi connectivity index (χ1v) is 13.3. The zero-order chi connectivity index (χ0) is 25.6. The van der Waals surface area contributed by atoms with Crippen molar-refractivity contribution in [3.63, 3.8) is 0 Å². The number of nitrogens with zero attached hydrogens (tertiary/aromatic N) is 2. The normalized spacial score (nSPS) is 20.2. The topological polar surface area (TPSA) is 96.6 Å². The quantitative estimate of drug-likeness (QED) is 0.395. The number of aryl methyl sites for hydroxylation is 1. The smallest absolute Gasteiger partial charge is 0.350 e. The van der Waals surface area contributed by atoms with Gasteiger partial charge in [-0.2, -0.15) is 0 Å². The van der Waals surface area contributed by atoms with Gasteiger partial charge in [0.15, 0.2) is 5.13 Å². The van der Waals surface area contributed by atoms with Gasteiger partial charge in [0.05, 0.1) is 29.5 Å². The summed E-state index contributed by atoms with van der Waals surface area (Å²) in [6, 6.07) is 7.81. The number of H-pyrrole nitrogens is 1. The monoisotopic (exact) mass is 548 g/mol. The van der Waals surface area contributed by atoms with Gasteiger partial charge in [-0.05, 0) is 31.5 Å². The lowest BCUT2D eigenvalue weighted by Crippen LogP contribution is -2.34. The van der Waals surface area contributed by atoms with E-state index < -0.39 is 0 Å². The number of aromatic amines is 1. The Kier molecular flexibility index (Phi) is 6.89. The number of aromatic nitrogens is 2. The summed E-state index contributed by atoms with van der Waals surface area (Å²) in [4.78, 5) is 35.9. The zero-order valence-corrected chi connectivity index (χ0v) is 22.4. The van der Waals surface area contributed by atoms with Crippen molar-refractivity contribution >= 4 is 51.5 Å². The molecule has 1 saturated heterocycles. The molecule has 3 heterocycles. The van der Waals surface area contributed by atoms with Crippen molar-refractivity contribution in [1.82, 2.24) is 15.3 Å². The van der Waals surface area contributed by atoms with Gasteiger partial charge in [-0.15, -0.1) is 0 Å². The van der Waals surface area contributed by atoms with Gasteiger partial charge in [-0.25, -0.2) is 9.78 Å². The molecule has 8 nitrogen and oxygen atoms in total. The number of hydrogen-bond donors (Lipinski definition) is 2. The van der Waals surface area contributed by atoms with Crippen molar-refractivity contribution < 1.29 is 19.1 Å². The van der Waals surface area contributed by atoms with Crippen LogP contribution in [0.4, 0.5) is 5.13 Å². The number of thiazole rings is 1. The van der Waals surface area contributed by atoms with Gasteiger partial charge in [-0.1, -0.05) is 46.7 Å². The number of carbonyl (C=O) groups is 2. The molecule has 1 aliphatic heterocycles. The van der Waals surface area contributed by atoms with Crippen LogP contribution in [0.5, 0.6) is 5.75 Å². The van der Waals surface area contributed by atoms with E-state index in [4.69, 9.17) is 37.7 Å². The summed E-state index contributed by atoms with van der Waals surface area (Å²) < 4.78 is 10.6. The van der Waals surface area contributed by atoms with Gasteiger partial charge in [-0.3, -0.25) is 4.79 Å². The fraction of sp³-hybridized carbons (Fsp3) is 0.400. The van der Waals surface area contributed by atoms with E-state index in [1.165, 1.54) is 11.3 Å². The molecule has 2 aromatic heterocycles. The van der Waals surface area contributed by atoms with Crippen molar-refractivity contribution in [2.24, 2.45) is 11.8 Å². The average Bonchev–Trinajstić information content (AvgIpc) is 3.22. The predicted octanol–water partition coefficient (Wildman–Crippen LogP) is 4.73. The van der Waals surface area contributed by atoms with Crippen LogP contribution in [0.25, 0.3) is 0 Å². The van der Waals surface area contributed by atoms with Crippen LogP contribution in [0.2, 0.25) is 10.0 Å². The number of ether oxygens (including phenoxy) is 2. The Morgan fingerprint density at radius 3 is 2.64 bits per heavy atom. The van der Waals surface area contributed by atoms with E-state index in [0.29, 0.717) is 51.8 Å². The second kappa shape index (κ2) is 9.95. The van der Waals surface area contributed by atoms with Crippen LogP contribution >= 0.6 is 34.5 Å². The molecular weight excluding hydrogens is 523 g/mol. The fourth-order valence-electron chi connectivity index (χ4n) is 4.77. The number of anilines is 1. The lowest BCUT2D eigenvalue weighted by atomic mass is 10.1. The molecule has 190 valence electrons. The van der Waals surface area contributed by atoms with Crippen LogP contribution in [0.3, 0.4) is 0 Å². The highest BCUT2D eigenvalue weighted by atomic mass is 35.5. The third kappa shape index (κ3) is 4.67. The number of rotatable bonds is 8. The molecule has 0 spiro atoms. The maximum Gasteiger partial charge on any atom is 0.350 e. The average molecular weight is 549 g/mol. The highest BCUT2D eigenvalue weighted by Crippen LogP contribution is 2.48. The van der Waals surface area contributed by atoms with Crippen molar-refractivity contribution in [1.29, 1.82) is 0 Å². The highest BCUT2D eigenvalue weighted by Gasteiger charge is 2.57. The standard InChI is InChI=1S/C25H26Cl2N4O4S/c1-4-35-24(33)22-17(9-13-6-5-7-14(8-13)34-3)29-25(36-22)31-10-15-16(11-31)20(15)30-23(32)21-19(27)18(26)12(2)28-21/h5-8,15-16,20,28H,4,9-11H2,1-3H3,(H,30,32)/t15-,16+,20+. The van der Waals surface area contributed by atoms with Gasteiger partial charge >= 0.3 is 5.97 Å². The molecule has 1 amide bonds. The molecule has 1 aliphatic carbocycles. The zero-order valence-electron chi connectivity index (χ0n) is 20.1. The summed E-state index contributed by atoms with van der Waals surface area (Å²) in [5.74, 6) is 0.782. The Morgan fingerprint density at radius 2 is 2.00 bits per heavy atom. The molecule has 0 bridgehead atoms. The Labute approximate surface area is 222 Å². The van der Waals surface area contributed by atoms with E-state index in [2.05, 4.69) is 15.2 Å². The molecule has 36 heavy (non-hydrogen) atoms. The third-order valence-corrected chi connectivity index (χ3v) is 8.78. The maximum atomic E-state index is 12.7. The Morgan fingerprint density at radius 1 is 1.25 bits per heavy atom. The second-order valence-electron chi connectivity index (χ2n) is 9.01. The van der Waals surface area contributed by atoms with E-state index in [9.17, 15) is 9.59 Å². The van der Waals surface area contributed by atoms with Crippen LogP contribution < -0.4 is 15.0 Å². The van der Waals surface area contributed by atoms with Crippen LogP contribution in [-0.4, -0.2) is 54.7 Å². The first-order chi connectivity index (χ1) is 17.3. The van der Waals surface area contributed by atoms with Crippen LogP contribution in [0.15, 0.2) is 24.3 Å². The van der Waals surface area contributed by atoms with Gasteiger partial charge in [0.25, 0.3) is 5.91 Å². The number of halogens is 2. The summed E-state index contributed by atoms with van der Waals surface area (Å²) in [5, 5.41) is 4.49. The van der Waals surface area contributed by atoms with E-state index in [1.54, 1.807) is 21.0 Å². The van der Waals surface area contributed by atoms with Crippen LogP contribution in [-0.2, 0) is 11.2 Å². The lowest BCUT2D eigenvalue weighted by Gasteiger charge is -2.19. The molecule has 2 fully saturated rings. The summed E-state index contributed by atoms with van der Waals surface area (Å²) >= 11 is 13.7. The van der Waals surface area contributed by atoms with E-state index in [-0.39, 0.29) is 22.9 Å². The largest absolute Gasteiger partial charge is 0.497 e. The van der Waals surface area contributed by atoms with Crippen molar-refractivity contribution in [3.8, 4) is 5.75 Å². The molecule has 2 aliphatic rings. The minimum atomic E-state index is -0.356. The van der Waals surface area contributed by atoms with Crippen molar-refractivity contribution in [2.45, 2.75) is 26.3 Å². The second-order valence-corrected chi connectivity index (χ2v) is 10.7. The number of piperidine rings is 1. The molecule has 3 atom stereocenters. The molecule has 0 radical (unpaired) electrons. The minimum Gasteiger partial charge on any atom is -0.497 e. The van der Waals surface area contributed by atoms with Gasteiger partial charge in [0.2, 0.25) is 0 Å². The van der Waals surface area contributed by atoms with Crippen LogP contribution in [0.1, 0.15) is 44.0 Å². The van der Waals surface area contributed by atoms with E-state index >= 15 is 0 Å². The minimum absolute atomic E-state index is 0.0768. The Balaban J connectivity index is 1.27. The van der Waals surface area contributed by atoms with E-state index in [0.717, 1.165) is 29.5 Å². The molecular formula is C25H26Cl2N4O4S. The molecule has 5 rings (SSSR count). The number of hydrogen-bond acceptors (Lipinski definition) is 7. The molecule has 2 N–H and O–H groups in total. The summed E-state index contributed by atoms with van der Waals surface area (Å²) in [7, 11) is 1.63. The predicted molar refractivity (Wildman–Crippen MR) is 140 cm³/mol. The Bertz CT molecular complexity index is 1310. The molecule has 3 aromatic rings. The fourth-order valence-corrected chi connectivity index (χ4v) is 6.19. The highest BCUT2D eigenvalue weighted by molar-refractivity contribution is 7.17. The van der Waals surface area contributed by atoms with E-state index in [1.807, 2.05) is 24.3 Å². The first-order valence-electron chi connectivity index (χ1n) is 11.7. The molecule has 1 saturated carbocycles. The summed E-state index contributed by atoms with van der Waals surface area (Å²) in [6.07, 6.45) is 0.500. The number of nitrogens with one attached hydrogen (secondary N) is 2. The molecule has 0 unspecified atom stereocenters. The summed E-state index contributed by atoms with van der Waals surface area (Å²) in [6.45, 7) is 5.37.